The minimum absolute atomic E-state index is 0.0841. The number of carbonyl (C=O) groups is 1. The quantitative estimate of drug-likeness (QED) is 0.518. The van der Waals surface area contributed by atoms with Gasteiger partial charge in [0.2, 0.25) is 5.91 Å². The number of nitrogens with one attached hydrogen (secondary N) is 1. The smallest absolute Gasteiger partial charge is 0.245 e. The summed E-state index contributed by atoms with van der Waals surface area (Å²) in [5.74, 6) is 0.122. The summed E-state index contributed by atoms with van der Waals surface area (Å²) in [5, 5.41) is 4.01. The highest BCUT2D eigenvalue weighted by Crippen LogP contribution is 2.29. The van der Waals surface area contributed by atoms with E-state index >= 15 is 0 Å². The Labute approximate surface area is 170 Å². The van der Waals surface area contributed by atoms with E-state index in [-0.39, 0.29) is 12.3 Å². The fraction of sp³-hybridized carbons (Fsp3) is 0.364. The topological polar surface area (TPSA) is 78.4 Å². The van der Waals surface area contributed by atoms with Crippen LogP contribution in [0.1, 0.15) is 31.4 Å². The van der Waals surface area contributed by atoms with Crippen molar-refractivity contribution in [3.8, 4) is 11.5 Å². The van der Waals surface area contributed by atoms with E-state index in [1.165, 1.54) is 0 Å². The maximum Gasteiger partial charge on any atom is 0.245 e. The van der Waals surface area contributed by atoms with Gasteiger partial charge in [0.05, 0.1) is 32.5 Å². The van der Waals surface area contributed by atoms with E-state index in [0.717, 1.165) is 11.1 Å². The van der Waals surface area contributed by atoms with Crippen molar-refractivity contribution >= 4 is 12.1 Å². The van der Waals surface area contributed by atoms with Gasteiger partial charge in [0.25, 0.3) is 0 Å². The van der Waals surface area contributed by atoms with Crippen LogP contribution in [0, 0.1) is 0 Å². The molecule has 1 heterocycles. The van der Waals surface area contributed by atoms with Crippen LogP contribution in [0.3, 0.4) is 0 Å². The molecule has 0 radical (unpaired) electrons. The van der Waals surface area contributed by atoms with E-state index in [1.807, 2.05) is 55.5 Å². The average Bonchev–Trinajstić information content (AvgIpc) is 3.14. The number of ether oxygens (including phenoxy) is 4. The molecule has 0 aliphatic carbocycles. The summed E-state index contributed by atoms with van der Waals surface area (Å²) in [6.07, 6.45) is 1.64. The zero-order valence-electron chi connectivity index (χ0n) is 16.7. The summed E-state index contributed by atoms with van der Waals surface area (Å²) in [4.78, 5) is 12.0. The molecule has 2 aromatic rings. The Morgan fingerprint density at radius 3 is 2.62 bits per heavy atom. The lowest BCUT2D eigenvalue weighted by Crippen LogP contribution is -2.33. The molecule has 0 saturated carbocycles. The van der Waals surface area contributed by atoms with Crippen molar-refractivity contribution in [1.29, 1.82) is 0 Å². The van der Waals surface area contributed by atoms with Crippen LogP contribution in [-0.4, -0.2) is 37.7 Å². The van der Waals surface area contributed by atoms with Crippen molar-refractivity contribution in [2.75, 3.05) is 19.8 Å². The lowest BCUT2D eigenvalue weighted by atomic mass is 10.2. The fourth-order valence-corrected chi connectivity index (χ4v) is 2.90. The van der Waals surface area contributed by atoms with Gasteiger partial charge in [-0.25, -0.2) is 5.43 Å². The SMILES string of the molecule is CCOc1cc(C=NNC(=O)CC2(C)OCCO2)ccc1OCc1ccccc1. The third-order valence-electron chi connectivity index (χ3n) is 4.29. The largest absolute Gasteiger partial charge is 0.490 e. The van der Waals surface area contributed by atoms with Crippen molar-refractivity contribution in [3.63, 3.8) is 0 Å². The molecule has 1 saturated heterocycles. The van der Waals surface area contributed by atoms with Gasteiger partial charge in [-0.3, -0.25) is 4.79 Å². The number of hydrazone groups is 1. The Bertz CT molecular complexity index is 832. The first-order valence-electron chi connectivity index (χ1n) is 9.61. The molecule has 7 heteroatoms. The molecule has 0 atom stereocenters. The first kappa shape index (κ1) is 20.8. The molecule has 29 heavy (non-hydrogen) atoms. The minimum atomic E-state index is -0.876. The second kappa shape index (κ2) is 10.0. The van der Waals surface area contributed by atoms with Crippen LogP contribution < -0.4 is 14.9 Å². The second-order valence-corrected chi connectivity index (χ2v) is 6.71. The standard InChI is InChI=1S/C22H26N2O5/c1-3-26-20-13-18(9-10-19(20)27-16-17-7-5-4-6-8-17)15-23-24-21(25)14-22(2)28-11-12-29-22/h4-10,13,15H,3,11-12,14,16H2,1-2H3,(H,24,25). The van der Waals surface area contributed by atoms with Gasteiger partial charge in [0.1, 0.15) is 6.61 Å². The fourth-order valence-electron chi connectivity index (χ4n) is 2.90. The molecule has 154 valence electrons. The summed E-state index contributed by atoms with van der Waals surface area (Å²) in [6.45, 7) is 5.60. The Kier molecular flexibility index (Phi) is 7.21. The first-order valence-corrected chi connectivity index (χ1v) is 9.61. The van der Waals surface area contributed by atoms with E-state index in [0.29, 0.717) is 37.9 Å². The lowest BCUT2D eigenvalue weighted by Gasteiger charge is -2.20. The predicted octanol–water partition coefficient (Wildman–Crippen LogP) is 3.27. The molecule has 1 amide bonds. The summed E-state index contributed by atoms with van der Waals surface area (Å²) >= 11 is 0. The van der Waals surface area contributed by atoms with E-state index < -0.39 is 5.79 Å². The predicted molar refractivity (Wildman–Crippen MR) is 109 cm³/mol. The van der Waals surface area contributed by atoms with Gasteiger partial charge in [0.15, 0.2) is 17.3 Å². The highest BCUT2D eigenvalue weighted by atomic mass is 16.7. The van der Waals surface area contributed by atoms with Gasteiger partial charge in [0, 0.05) is 0 Å². The van der Waals surface area contributed by atoms with Crippen LogP contribution in [0.4, 0.5) is 0 Å². The van der Waals surface area contributed by atoms with Crippen molar-refractivity contribution in [2.45, 2.75) is 32.7 Å². The second-order valence-electron chi connectivity index (χ2n) is 6.71. The molecule has 3 rings (SSSR count). The number of hydrogen-bond acceptors (Lipinski definition) is 6. The van der Waals surface area contributed by atoms with Gasteiger partial charge < -0.3 is 18.9 Å². The summed E-state index contributed by atoms with van der Waals surface area (Å²) in [7, 11) is 0. The van der Waals surface area contributed by atoms with Gasteiger partial charge in [-0.1, -0.05) is 30.3 Å². The molecule has 0 aromatic heterocycles. The molecule has 1 aliphatic heterocycles. The van der Waals surface area contributed by atoms with Crippen molar-refractivity contribution in [1.82, 2.24) is 5.43 Å². The van der Waals surface area contributed by atoms with E-state index in [4.69, 9.17) is 18.9 Å². The number of rotatable bonds is 9. The summed E-state index contributed by atoms with van der Waals surface area (Å²) in [5.41, 5.74) is 4.35. The van der Waals surface area contributed by atoms with E-state index in [2.05, 4.69) is 10.5 Å². The zero-order chi connectivity index (χ0) is 20.5. The third-order valence-corrected chi connectivity index (χ3v) is 4.29. The molecular weight excluding hydrogens is 372 g/mol. The first-order chi connectivity index (χ1) is 14.1. The lowest BCUT2D eigenvalue weighted by molar-refractivity contribution is -0.159. The van der Waals surface area contributed by atoms with Crippen molar-refractivity contribution in [2.24, 2.45) is 5.10 Å². The molecular formula is C22H26N2O5. The monoisotopic (exact) mass is 398 g/mol. The normalized spacial score (nSPS) is 15.4. The number of nitrogens with zero attached hydrogens (tertiary/aromatic N) is 1. The molecule has 1 aliphatic rings. The molecule has 7 nitrogen and oxygen atoms in total. The van der Waals surface area contributed by atoms with E-state index in [9.17, 15) is 4.79 Å². The highest BCUT2D eigenvalue weighted by molar-refractivity contribution is 5.83. The van der Waals surface area contributed by atoms with Crippen LogP contribution >= 0.6 is 0 Å². The van der Waals surface area contributed by atoms with Crippen LogP contribution in [-0.2, 0) is 20.9 Å². The Morgan fingerprint density at radius 2 is 1.90 bits per heavy atom. The Balaban J connectivity index is 1.58. The Hall–Kier alpha value is -2.90. The van der Waals surface area contributed by atoms with Gasteiger partial charge >= 0.3 is 0 Å². The number of carbonyl (C=O) groups excluding carboxylic acids is 1. The van der Waals surface area contributed by atoms with Crippen molar-refractivity contribution in [3.05, 3.63) is 59.7 Å². The molecule has 1 N–H and O–H groups in total. The van der Waals surface area contributed by atoms with Gasteiger partial charge in [-0.2, -0.15) is 5.10 Å². The van der Waals surface area contributed by atoms with Gasteiger partial charge in [-0.05, 0) is 43.2 Å². The van der Waals surface area contributed by atoms with Crippen LogP contribution in [0.2, 0.25) is 0 Å². The Morgan fingerprint density at radius 1 is 1.14 bits per heavy atom. The molecule has 1 fully saturated rings. The third kappa shape index (κ3) is 6.30. The average molecular weight is 398 g/mol. The number of benzene rings is 2. The van der Waals surface area contributed by atoms with Crippen LogP contribution in [0.15, 0.2) is 53.6 Å². The maximum atomic E-state index is 12.0. The molecule has 0 unspecified atom stereocenters. The van der Waals surface area contributed by atoms with E-state index in [1.54, 1.807) is 13.1 Å². The van der Waals surface area contributed by atoms with Crippen LogP contribution in [0.25, 0.3) is 0 Å². The highest BCUT2D eigenvalue weighted by Gasteiger charge is 2.33. The molecule has 0 bridgehead atoms. The zero-order valence-corrected chi connectivity index (χ0v) is 16.7. The summed E-state index contributed by atoms with van der Waals surface area (Å²) in [6, 6.07) is 15.4. The van der Waals surface area contributed by atoms with Crippen LogP contribution in [0.5, 0.6) is 11.5 Å². The molecule has 2 aromatic carbocycles. The van der Waals surface area contributed by atoms with Gasteiger partial charge in [-0.15, -0.1) is 0 Å². The maximum absolute atomic E-state index is 12.0. The number of hydrogen-bond donors (Lipinski definition) is 1. The summed E-state index contributed by atoms with van der Waals surface area (Å²) < 4.78 is 22.4. The molecule has 0 spiro atoms. The number of amides is 1. The minimum Gasteiger partial charge on any atom is -0.490 e. The van der Waals surface area contributed by atoms with Crippen molar-refractivity contribution < 1.29 is 23.7 Å².